The highest BCUT2D eigenvalue weighted by Crippen LogP contribution is 2.32. The lowest BCUT2D eigenvalue weighted by molar-refractivity contribution is -0.384. The molecule has 2 aromatic carbocycles. The first-order valence-corrected chi connectivity index (χ1v) is 9.54. The van der Waals surface area contributed by atoms with Gasteiger partial charge in [0, 0.05) is 31.3 Å². The molecule has 1 aliphatic rings. The molecular weight excluding hydrogens is 374 g/mol. The molecular formula is C21H23N3O5. The normalized spacial score (nSPS) is 13.3. The molecule has 0 atom stereocenters. The van der Waals surface area contributed by atoms with Gasteiger partial charge in [-0.1, -0.05) is 30.3 Å². The Kier molecular flexibility index (Phi) is 6.43. The number of amides is 1. The Hall–Kier alpha value is -3.42. The lowest BCUT2D eigenvalue weighted by Gasteiger charge is -2.22. The van der Waals surface area contributed by atoms with Crippen molar-refractivity contribution >= 4 is 23.3 Å². The molecule has 1 saturated heterocycles. The number of rotatable bonds is 8. The smallest absolute Gasteiger partial charge is 0.323 e. The highest BCUT2D eigenvalue weighted by atomic mass is 16.6. The molecule has 1 N–H and O–H groups in total. The number of benzene rings is 2. The molecule has 8 heteroatoms. The van der Waals surface area contributed by atoms with Gasteiger partial charge < -0.3 is 14.9 Å². The SMILES string of the molecule is O=C(O)CN(CCc1ccccc1)C(=O)c1ccc(N2CCCC2)c([N+](=O)[O-])c1. The van der Waals surface area contributed by atoms with E-state index in [9.17, 15) is 24.8 Å². The molecule has 1 heterocycles. The van der Waals surface area contributed by atoms with Crippen LogP contribution in [-0.2, 0) is 11.2 Å². The second-order valence-electron chi connectivity index (χ2n) is 7.01. The minimum Gasteiger partial charge on any atom is -0.480 e. The van der Waals surface area contributed by atoms with Crippen LogP contribution < -0.4 is 4.90 Å². The van der Waals surface area contributed by atoms with Gasteiger partial charge in [0.25, 0.3) is 11.6 Å². The number of aliphatic carboxylic acids is 1. The van der Waals surface area contributed by atoms with Gasteiger partial charge in [-0.05, 0) is 37.0 Å². The highest BCUT2D eigenvalue weighted by Gasteiger charge is 2.26. The summed E-state index contributed by atoms with van der Waals surface area (Å²) in [4.78, 5) is 38.4. The van der Waals surface area contributed by atoms with Crippen LogP contribution in [0.2, 0.25) is 0 Å². The predicted octanol–water partition coefficient (Wildman–Crippen LogP) is 2.96. The van der Waals surface area contributed by atoms with Crippen LogP contribution in [0.15, 0.2) is 48.5 Å². The van der Waals surface area contributed by atoms with Crippen molar-refractivity contribution < 1.29 is 19.6 Å². The van der Waals surface area contributed by atoms with E-state index in [4.69, 9.17) is 0 Å². The topological polar surface area (TPSA) is 104 Å². The highest BCUT2D eigenvalue weighted by molar-refractivity contribution is 5.97. The van der Waals surface area contributed by atoms with Gasteiger partial charge in [-0.3, -0.25) is 19.7 Å². The Morgan fingerprint density at radius 2 is 1.79 bits per heavy atom. The monoisotopic (exact) mass is 397 g/mol. The van der Waals surface area contributed by atoms with E-state index in [0.29, 0.717) is 12.1 Å². The number of nitro groups is 1. The van der Waals surface area contributed by atoms with Crippen LogP contribution in [-0.4, -0.2) is 53.0 Å². The summed E-state index contributed by atoms with van der Waals surface area (Å²) in [6.07, 6.45) is 2.45. The van der Waals surface area contributed by atoms with Gasteiger partial charge in [-0.2, -0.15) is 0 Å². The van der Waals surface area contributed by atoms with Gasteiger partial charge >= 0.3 is 5.97 Å². The molecule has 0 aromatic heterocycles. The van der Waals surface area contributed by atoms with Crippen LogP contribution in [0, 0.1) is 10.1 Å². The van der Waals surface area contributed by atoms with E-state index in [1.165, 1.54) is 11.0 Å². The van der Waals surface area contributed by atoms with Gasteiger partial charge in [0.15, 0.2) is 0 Å². The third-order valence-electron chi connectivity index (χ3n) is 4.99. The van der Waals surface area contributed by atoms with E-state index >= 15 is 0 Å². The fourth-order valence-electron chi connectivity index (χ4n) is 3.54. The van der Waals surface area contributed by atoms with Crippen LogP contribution in [0.3, 0.4) is 0 Å². The standard InChI is InChI=1S/C21H23N3O5/c25-20(26)15-23(13-10-16-6-2-1-3-7-16)21(27)17-8-9-18(19(14-17)24(28)29)22-11-4-5-12-22/h1-3,6-9,14H,4-5,10-13,15H2,(H,25,26). The summed E-state index contributed by atoms with van der Waals surface area (Å²) in [5.74, 6) is -1.66. The fraction of sp³-hybridized carbons (Fsp3) is 0.333. The molecule has 0 saturated carbocycles. The molecule has 0 aliphatic carbocycles. The molecule has 2 aromatic rings. The third-order valence-corrected chi connectivity index (χ3v) is 4.99. The number of carbonyl (C=O) groups excluding carboxylic acids is 1. The summed E-state index contributed by atoms with van der Waals surface area (Å²) in [6.45, 7) is 1.23. The summed E-state index contributed by atoms with van der Waals surface area (Å²) in [6, 6.07) is 13.8. The minimum atomic E-state index is -1.13. The molecule has 8 nitrogen and oxygen atoms in total. The number of hydrogen-bond acceptors (Lipinski definition) is 5. The fourth-order valence-corrected chi connectivity index (χ4v) is 3.54. The van der Waals surface area contributed by atoms with Crippen molar-refractivity contribution in [3.8, 4) is 0 Å². The number of carboxylic acids is 1. The molecule has 3 rings (SSSR count). The summed E-state index contributed by atoms with van der Waals surface area (Å²) in [5.41, 5.74) is 1.47. The van der Waals surface area contributed by atoms with Gasteiger partial charge in [0.2, 0.25) is 0 Å². The minimum absolute atomic E-state index is 0.119. The maximum Gasteiger partial charge on any atom is 0.323 e. The average Bonchev–Trinajstić information content (AvgIpc) is 3.25. The van der Waals surface area contributed by atoms with Gasteiger partial charge in [0.05, 0.1) is 4.92 Å². The maximum atomic E-state index is 12.9. The zero-order valence-electron chi connectivity index (χ0n) is 16.0. The van der Waals surface area contributed by atoms with E-state index in [0.717, 1.165) is 31.5 Å². The van der Waals surface area contributed by atoms with Crippen molar-refractivity contribution in [1.82, 2.24) is 4.90 Å². The molecule has 29 heavy (non-hydrogen) atoms. The average molecular weight is 397 g/mol. The van der Waals surface area contributed by atoms with Crippen molar-refractivity contribution in [3.05, 3.63) is 69.8 Å². The van der Waals surface area contributed by atoms with Crippen molar-refractivity contribution in [2.24, 2.45) is 0 Å². The predicted molar refractivity (Wildman–Crippen MR) is 108 cm³/mol. The molecule has 1 aliphatic heterocycles. The summed E-state index contributed by atoms with van der Waals surface area (Å²) in [5, 5.41) is 20.8. The van der Waals surface area contributed by atoms with E-state index in [1.54, 1.807) is 12.1 Å². The summed E-state index contributed by atoms with van der Waals surface area (Å²) >= 11 is 0. The Balaban J connectivity index is 1.83. The second kappa shape index (κ2) is 9.18. The first-order chi connectivity index (χ1) is 14.0. The molecule has 152 valence electrons. The molecule has 1 fully saturated rings. The van der Waals surface area contributed by atoms with Crippen LogP contribution in [0.4, 0.5) is 11.4 Å². The number of anilines is 1. The molecule has 0 bridgehead atoms. The van der Waals surface area contributed by atoms with Crippen LogP contribution in [0.1, 0.15) is 28.8 Å². The molecule has 1 amide bonds. The van der Waals surface area contributed by atoms with Gasteiger partial charge in [-0.15, -0.1) is 0 Å². The molecule has 0 spiro atoms. The third kappa shape index (κ3) is 5.10. The lowest BCUT2D eigenvalue weighted by atomic mass is 10.1. The van der Waals surface area contributed by atoms with Crippen molar-refractivity contribution in [2.45, 2.75) is 19.3 Å². The number of nitrogens with zero attached hydrogens (tertiary/aromatic N) is 3. The Bertz CT molecular complexity index is 894. The largest absolute Gasteiger partial charge is 0.480 e. The van der Waals surface area contributed by atoms with E-state index in [1.807, 2.05) is 35.2 Å². The van der Waals surface area contributed by atoms with Crippen molar-refractivity contribution in [2.75, 3.05) is 31.1 Å². The van der Waals surface area contributed by atoms with Crippen molar-refractivity contribution in [3.63, 3.8) is 0 Å². The van der Waals surface area contributed by atoms with Gasteiger partial charge in [-0.25, -0.2) is 0 Å². The Labute approximate surface area is 168 Å². The Morgan fingerprint density at radius 1 is 1.10 bits per heavy atom. The van der Waals surface area contributed by atoms with Crippen molar-refractivity contribution in [1.29, 1.82) is 0 Å². The number of carbonyl (C=O) groups is 2. The molecule has 0 unspecified atom stereocenters. The summed E-state index contributed by atoms with van der Waals surface area (Å²) < 4.78 is 0. The number of nitro benzene ring substituents is 1. The van der Waals surface area contributed by atoms with E-state index in [-0.39, 0.29) is 17.8 Å². The Morgan fingerprint density at radius 3 is 2.41 bits per heavy atom. The summed E-state index contributed by atoms with van der Waals surface area (Å²) in [7, 11) is 0. The van der Waals surface area contributed by atoms with Gasteiger partial charge in [0.1, 0.15) is 12.2 Å². The lowest BCUT2D eigenvalue weighted by Crippen LogP contribution is -2.37. The van der Waals surface area contributed by atoms with E-state index in [2.05, 4.69) is 0 Å². The maximum absolute atomic E-state index is 12.9. The van der Waals surface area contributed by atoms with Crippen LogP contribution in [0.5, 0.6) is 0 Å². The first-order valence-electron chi connectivity index (χ1n) is 9.54. The van der Waals surface area contributed by atoms with Crippen LogP contribution in [0.25, 0.3) is 0 Å². The quantitative estimate of drug-likeness (QED) is 0.542. The van der Waals surface area contributed by atoms with Crippen LogP contribution >= 0.6 is 0 Å². The van der Waals surface area contributed by atoms with E-state index < -0.39 is 23.3 Å². The molecule has 0 radical (unpaired) electrons. The zero-order chi connectivity index (χ0) is 20.8. The number of carboxylic acid groups (broad SMARTS) is 1. The second-order valence-corrected chi connectivity index (χ2v) is 7.01. The number of hydrogen-bond donors (Lipinski definition) is 1. The first kappa shape index (κ1) is 20.3. The zero-order valence-corrected chi connectivity index (χ0v) is 16.0.